The van der Waals surface area contributed by atoms with E-state index in [1.165, 1.54) is 19.2 Å². The normalized spacial score (nSPS) is 11.4. The van der Waals surface area contributed by atoms with Gasteiger partial charge in [-0.15, -0.1) is 11.3 Å². The molecule has 0 aliphatic rings. The molecule has 0 unspecified atom stereocenters. The number of carbonyl (C=O) groups is 1. The van der Waals surface area contributed by atoms with Gasteiger partial charge in [-0.25, -0.2) is 17.6 Å². The van der Waals surface area contributed by atoms with Crippen molar-refractivity contribution in [3.63, 3.8) is 0 Å². The van der Waals surface area contributed by atoms with Crippen LogP contribution >= 0.6 is 27.3 Å². The highest BCUT2D eigenvalue weighted by molar-refractivity contribution is 9.10. The second-order valence-electron chi connectivity index (χ2n) is 4.45. The van der Waals surface area contributed by atoms with E-state index in [4.69, 9.17) is 5.11 Å². The molecule has 1 aromatic carbocycles. The first-order chi connectivity index (χ1) is 10.2. The molecule has 0 bridgehead atoms. The lowest BCUT2D eigenvalue weighted by Crippen LogP contribution is -2.23. The van der Waals surface area contributed by atoms with Crippen molar-refractivity contribution >= 4 is 43.2 Å². The Kier molecular flexibility index (Phi) is 4.88. The Morgan fingerprint density at radius 2 is 2.09 bits per heavy atom. The predicted octanol–water partition coefficient (Wildman–Crippen LogP) is 3.59. The Hall–Kier alpha value is -1.45. The number of hydrogen-bond donors (Lipinski definition) is 1. The number of carboxylic acid groups (broad SMARTS) is 1. The minimum absolute atomic E-state index is 0.0203. The van der Waals surface area contributed by atoms with Crippen molar-refractivity contribution in [2.24, 2.45) is 0 Å². The monoisotopic (exact) mass is 407 g/mol. The molecule has 1 N–H and O–H groups in total. The zero-order valence-corrected chi connectivity index (χ0v) is 14.5. The van der Waals surface area contributed by atoms with Crippen LogP contribution < -0.4 is 0 Å². The Morgan fingerprint density at radius 1 is 1.41 bits per heavy atom. The van der Waals surface area contributed by atoms with Crippen LogP contribution in [0, 0.1) is 5.82 Å². The van der Waals surface area contributed by atoms with E-state index < -0.39 is 21.7 Å². The quantitative estimate of drug-likeness (QED) is 0.839. The third-order valence-corrected chi connectivity index (χ3v) is 7.33. The van der Waals surface area contributed by atoms with Gasteiger partial charge in [0.2, 0.25) is 9.84 Å². The van der Waals surface area contributed by atoms with Gasteiger partial charge in [0, 0.05) is 16.4 Å². The van der Waals surface area contributed by atoms with Gasteiger partial charge in [0.1, 0.15) is 10.0 Å². The van der Waals surface area contributed by atoms with E-state index in [1.807, 2.05) is 0 Å². The van der Waals surface area contributed by atoms with Crippen molar-refractivity contribution in [2.45, 2.75) is 15.6 Å². The summed E-state index contributed by atoms with van der Waals surface area (Å²) in [6.07, 6.45) is -1.11. The number of rotatable bonds is 4. The van der Waals surface area contributed by atoms with Crippen LogP contribution in [0.4, 0.5) is 9.18 Å². The topological polar surface area (TPSA) is 74.7 Å². The molecule has 0 saturated carbocycles. The van der Waals surface area contributed by atoms with E-state index >= 15 is 0 Å². The lowest BCUT2D eigenvalue weighted by Gasteiger charge is -2.10. The van der Waals surface area contributed by atoms with Crippen LogP contribution in [0.1, 0.15) is 4.88 Å². The average Bonchev–Trinajstić information content (AvgIpc) is 2.80. The van der Waals surface area contributed by atoms with Gasteiger partial charge in [0.15, 0.2) is 0 Å². The van der Waals surface area contributed by atoms with Gasteiger partial charge in [-0.05, 0) is 40.2 Å². The molecule has 1 amide bonds. The molecule has 0 aliphatic heterocycles. The van der Waals surface area contributed by atoms with Gasteiger partial charge < -0.3 is 10.0 Å². The van der Waals surface area contributed by atoms with Crippen LogP contribution in [-0.4, -0.2) is 31.6 Å². The van der Waals surface area contributed by atoms with Gasteiger partial charge in [-0.2, -0.15) is 0 Å². The molecule has 1 heterocycles. The Bertz CT molecular complexity index is 819. The highest BCUT2D eigenvalue weighted by atomic mass is 79.9. The van der Waals surface area contributed by atoms with Crippen LogP contribution in [0.5, 0.6) is 0 Å². The summed E-state index contributed by atoms with van der Waals surface area (Å²) in [6.45, 7) is 0.0667. The zero-order valence-electron chi connectivity index (χ0n) is 11.3. The summed E-state index contributed by atoms with van der Waals surface area (Å²) in [5, 5.41) is 8.85. The third-order valence-electron chi connectivity index (χ3n) is 2.78. The highest BCUT2D eigenvalue weighted by Crippen LogP contribution is 2.36. The molecule has 118 valence electrons. The molecule has 2 rings (SSSR count). The molecule has 22 heavy (non-hydrogen) atoms. The lowest BCUT2D eigenvalue weighted by atomic mass is 10.4. The van der Waals surface area contributed by atoms with E-state index in [0.717, 1.165) is 28.4 Å². The summed E-state index contributed by atoms with van der Waals surface area (Å²) in [6, 6.07) is 6.30. The largest absolute Gasteiger partial charge is 0.465 e. The molecular weight excluding hydrogens is 397 g/mol. The maximum atomic E-state index is 13.2. The summed E-state index contributed by atoms with van der Waals surface area (Å²) in [5.41, 5.74) is 0. The Labute approximate surface area is 139 Å². The zero-order chi connectivity index (χ0) is 16.5. The summed E-state index contributed by atoms with van der Waals surface area (Å²) in [7, 11) is -2.48. The Morgan fingerprint density at radius 3 is 2.68 bits per heavy atom. The van der Waals surface area contributed by atoms with Gasteiger partial charge in [0.25, 0.3) is 0 Å². The van der Waals surface area contributed by atoms with Crippen molar-refractivity contribution in [3.05, 3.63) is 45.5 Å². The van der Waals surface area contributed by atoms with Gasteiger partial charge in [-0.3, -0.25) is 0 Å². The smallest absolute Gasteiger partial charge is 0.407 e. The number of benzene rings is 1. The number of hydrogen-bond acceptors (Lipinski definition) is 4. The van der Waals surface area contributed by atoms with Crippen LogP contribution in [0.25, 0.3) is 0 Å². The molecule has 2 aromatic rings. The number of thiophene rings is 1. The molecule has 0 atom stereocenters. The molecule has 0 radical (unpaired) electrons. The second kappa shape index (κ2) is 6.35. The number of halogens is 2. The van der Waals surface area contributed by atoms with Crippen LogP contribution in [0.3, 0.4) is 0 Å². The minimum Gasteiger partial charge on any atom is -0.465 e. The summed E-state index contributed by atoms with van der Waals surface area (Å²) in [4.78, 5) is 12.3. The van der Waals surface area contributed by atoms with Gasteiger partial charge in [-0.1, -0.05) is 6.07 Å². The highest BCUT2D eigenvalue weighted by Gasteiger charge is 2.24. The van der Waals surface area contributed by atoms with Crippen molar-refractivity contribution < 1.29 is 22.7 Å². The van der Waals surface area contributed by atoms with Crippen LogP contribution in [0.2, 0.25) is 0 Å². The Balaban J connectivity index is 2.40. The first-order valence-electron chi connectivity index (χ1n) is 5.94. The number of sulfone groups is 1. The number of amides is 1. The van der Waals surface area contributed by atoms with Gasteiger partial charge >= 0.3 is 6.09 Å². The summed E-state index contributed by atoms with van der Waals surface area (Å²) >= 11 is 4.12. The maximum Gasteiger partial charge on any atom is 0.407 e. The summed E-state index contributed by atoms with van der Waals surface area (Å²) in [5.74, 6) is -0.639. The molecule has 1 aromatic heterocycles. The SMILES string of the molecule is CN(Cc1cc(Br)c(S(=O)(=O)c2cccc(F)c2)s1)C(=O)O. The van der Waals surface area contributed by atoms with E-state index in [1.54, 1.807) is 6.07 Å². The molecule has 0 spiro atoms. The van der Waals surface area contributed by atoms with Crippen molar-refractivity contribution in [3.8, 4) is 0 Å². The van der Waals surface area contributed by atoms with Crippen molar-refractivity contribution in [1.29, 1.82) is 0 Å². The third kappa shape index (κ3) is 3.47. The van der Waals surface area contributed by atoms with E-state index in [2.05, 4.69) is 15.9 Å². The van der Waals surface area contributed by atoms with E-state index in [-0.39, 0.29) is 15.6 Å². The van der Waals surface area contributed by atoms with Crippen molar-refractivity contribution in [2.75, 3.05) is 7.05 Å². The molecule has 5 nitrogen and oxygen atoms in total. The molecule has 0 saturated heterocycles. The maximum absolute atomic E-state index is 13.2. The predicted molar refractivity (Wildman–Crippen MR) is 83.4 cm³/mol. The minimum atomic E-state index is -3.86. The standard InChI is InChI=1S/C13H11BrFNO4S2/c1-16(13(17)18)7-9-6-11(14)12(21-9)22(19,20)10-4-2-3-8(15)5-10/h2-6H,7H2,1H3,(H,17,18). The molecule has 0 aliphatic carbocycles. The molecular formula is C13H11BrFNO4S2. The first kappa shape index (κ1) is 16.9. The van der Waals surface area contributed by atoms with E-state index in [9.17, 15) is 17.6 Å². The van der Waals surface area contributed by atoms with E-state index in [0.29, 0.717) is 9.35 Å². The fourth-order valence-electron chi connectivity index (χ4n) is 1.70. The fourth-order valence-corrected chi connectivity index (χ4v) is 5.94. The van der Waals surface area contributed by atoms with Gasteiger partial charge in [0.05, 0.1) is 11.4 Å². The average molecular weight is 408 g/mol. The molecule has 0 fully saturated rings. The van der Waals surface area contributed by atoms with Crippen LogP contribution in [-0.2, 0) is 16.4 Å². The summed E-state index contributed by atoms with van der Waals surface area (Å²) < 4.78 is 38.6. The molecule has 9 heteroatoms. The fraction of sp³-hybridized carbons (Fsp3) is 0.154. The van der Waals surface area contributed by atoms with Crippen molar-refractivity contribution in [1.82, 2.24) is 4.90 Å². The number of nitrogens with zero attached hydrogens (tertiary/aromatic N) is 1. The second-order valence-corrected chi connectivity index (χ2v) is 8.58. The van der Waals surface area contributed by atoms with Crippen LogP contribution in [0.15, 0.2) is 43.9 Å². The first-order valence-corrected chi connectivity index (χ1v) is 9.04. The lowest BCUT2D eigenvalue weighted by molar-refractivity contribution is 0.154.